The first-order valence-electron chi connectivity index (χ1n) is 7.52. The predicted molar refractivity (Wildman–Crippen MR) is 113 cm³/mol. The number of hydrogen-bond donors (Lipinski definition) is 2. The monoisotopic (exact) mass is 444 g/mol. The molecule has 0 atom stereocenters. The quantitative estimate of drug-likeness (QED) is 0.392. The van der Waals surface area contributed by atoms with E-state index in [-0.39, 0.29) is 24.0 Å². The number of nitrogens with one attached hydrogen (secondary N) is 2. The van der Waals surface area contributed by atoms with Crippen LogP contribution in [0.3, 0.4) is 0 Å². The molecule has 0 aliphatic carbocycles. The average molecular weight is 444 g/mol. The molecule has 0 saturated heterocycles. The van der Waals surface area contributed by atoms with Crippen LogP contribution in [0, 0.1) is 0 Å². The maximum atomic E-state index is 4.26. The summed E-state index contributed by atoms with van der Waals surface area (Å²) in [5.41, 5.74) is 1.23. The summed E-state index contributed by atoms with van der Waals surface area (Å²) in [7, 11) is 3.91. The number of hydrogen-bond acceptors (Lipinski definition) is 3. The van der Waals surface area contributed by atoms with Gasteiger partial charge in [0.1, 0.15) is 0 Å². The van der Waals surface area contributed by atoms with Gasteiger partial charge in [0.15, 0.2) is 5.96 Å². The molecule has 0 aliphatic rings. The van der Waals surface area contributed by atoms with Crippen LogP contribution in [0.2, 0.25) is 0 Å². The van der Waals surface area contributed by atoms with Crippen molar-refractivity contribution in [3.05, 3.63) is 52.7 Å². The molecule has 1 aromatic carbocycles. The molecule has 2 rings (SSSR count). The molecular weight excluding hydrogens is 419 g/mol. The number of rotatable bonds is 7. The van der Waals surface area contributed by atoms with Gasteiger partial charge < -0.3 is 15.5 Å². The van der Waals surface area contributed by atoms with E-state index in [9.17, 15) is 0 Å². The van der Waals surface area contributed by atoms with Crippen molar-refractivity contribution in [3.63, 3.8) is 0 Å². The second-order valence-corrected chi connectivity index (χ2v) is 6.04. The summed E-state index contributed by atoms with van der Waals surface area (Å²) in [6, 6.07) is 14.6. The Hall–Kier alpha value is -1.28. The van der Waals surface area contributed by atoms with Gasteiger partial charge >= 0.3 is 0 Å². The van der Waals surface area contributed by atoms with Crippen molar-refractivity contribution in [1.29, 1.82) is 0 Å². The third-order valence-electron chi connectivity index (χ3n) is 3.40. The molecule has 4 nitrogen and oxygen atoms in total. The minimum Gasteiger partial charge on any atom is -0.373 e. The van der Waals surface area contributed by atoms with Crippen molar-refractivity contribution in [2.24, 2.45) is 4.99 Å². The van der Waals surface area contributed by atoms with E-state index >= 15 is 0 Å². The number of para-hydroxylation sites is 1. The van der Waals surface area contributed by atoms with Crippen molar-refractivity contribution < 1.29 is 0 Å². The predicted octanol–water partition coefficient (Wildman–Crippen LogP) is 3.21. The Morgan fingerprint density at radius 2 is 1.83 bits per heavy atom. The summed E-state index contributed by atoms with van der Waals surface area (Å²) in [5.74, 6) is 0.859. The van der Waals surface area contributed by atoms with Gasteiger partial charge in [0.25, 0.3) is 0 Å². The van der Waals surface area contributed by atoms with Crippen molar-refractivity contribution in [2.75, 3.05) is 38.6 Å². The van der Waals surface area contributed by atoms with E-state index in [1.165, 1.54) is 10.6 Å². The van der Waals surface area contributed by atoms with Crippen LogP contribution in [-0.4, -0.2) is 39.7 Å². The lowest BCUT2D eigenvalue weighted by Gasteiger charge is -2.20. The molecule has 0 amide bonds. The van der Waals surface area contributed by atoms with Crippen molar-refractivity contribution in [2.45, 2.75) is 6.42 Å². The van der Waals surface area contributed by atoms with Gasteiger partial charge in [-0.2, -0.15) is 0 Å². The number of nitrogens with zero attached hydrogens (tertiary/aromatic N) is 2. The zero-order valence-electron chi connectivity index (χ0n) is 13.7. The van der Waals surface area contributed by atoms with E-state index in [1.807, 2.05) is 6.07 Å². The first-order chi connectivity index (χ1) is 10.8. The molecule has 1 aromatic heterocycles. The van der Waals surface area contributed by atoms with E-state index in [4.69, 9.17) is 0 Å². The Morgan fingerprint density at radius 1 is 1.09 bits per heavy atom. The largest absolute Gasteiger partial charge is 0.373 e. The first-order valence-corrected chi connectivity index (χ1v) is 8.40. The number of guanidine groups is 1. The number of halogens is 1. The first kappa shape index (κ1) is 19.8. The highest BCUT2D eigenvalue weighted by atomic mass is 127. The van der Waals surface area contributed by atoms with Crippen LogP contribution in [0.5, 0.6) is 0 Å². The Labute approximate surface area is 160 Å². The molecule has 1 heterocycles. The van der Waals surface area contributed by atoms with Crippen LogP contribution in [0.4, 0.5) is 5.69 Å². The molecule has 0 fully saturated rings. The molecule has 2 aromatic rings. The summed E-state index contributed by atoms with van der Waals surface area (Å²) in [6.07, 6.45) is 1.03. The highest BCUT2D eigenvalue weighted by Crippen LogP contribution is 2.09. The fourth-order valence-corrected chi connectivity index (χ4v) is 2.84. The Kier molecular flexibility index (Phi) is 9.70. The minimum atomic E-state index is 0. The third kappa shape index (κ3) is 7.22. The highest BCUT2D eigenvalue weighted by molar-refractivity contribution is 14.0. The van der Waals surface area contributed by atoms with Gasteiger partial charge in [0.05, 0.1) is 0 Å². The number of thiophene rings is 1. The molecule has 0 radical (unpaired) electrons. The molecular formula is C17H25IN4S. The van der Waals surface area contributed by atoms with Gasteiger partial charge in [-0.15, -0.1) is 35.3 Å². The summed E-state index contributed by atoms with van der Waals surface area (Å²) in [6.45, 7) is 2.68. The van der Waals surface area contributed by atoms with E-state index < -0.39 is 0 Å². The van der Waals surface area contributed by atoms with Gasteiger partial charge in [-0.05, 0) is 30.0 Å². The van der Waals surface area contributed by atoms with E-state index in [0.717, 1.165) is 32.0 Å². The molecule has 0 spiro atoms. The van der Waals surface area contributed by atoms with Gasteiger partial charge in [0.2, 0.25) is 0 Å². The second-order valence-electron chi connectivity index (χ2n) is 5.01. The van der Waals surface area contributed by atoms with Crippen LogP contribution < -0.4 is 15.5 Å². The Morgan fingerprint density at radius 3 is 2.48 bits per heavy atom. The fraction of sp³-hybridized carbons (Fsp3) is 0.353. The van der Waals surface area contributed by atoms with Crippen LogP contribution in [0.1, 0.15) is 4.88 Å². The lowest BCUT2D eigenvalue weighted by molar-refractivity contribution is 0.773. The maximum absolute atomic E-state index is 4.26. The number of anilines is 1. The second kappa shape index (κ2) is 11.3. The number of aliphatic imine (C=N–C) groups is 1. The SMILES string of the molecule is CN=C(NCCc1cccs1)NCCN(C)c1ccccc1.I. The molecule has 0 bridgehead atoms. The lowest BCUT2D eigenvalue weighted by atomic mass is 10.3. The molecule has 2 N–H and O–H groups in total. The molecule has 0 saturated carbocycles. The lowest BCUT2D eigenvalue weighted by Crippen LogP contribution is -2.41. The van der Waals surface area contributed by atoms with Crippen molar-refractivity contribution >= 4 is 47.0 Å². The zero-order chi connectivity index (χ0) is 15.6. The summed E-state index contributed by atoms with van der Waals surface area (Å²) < 4.78 is 0. The maximum Gasteiger partial charge on any atom is 0.191 e. The van der Waals surface area contributed by atoms with Crippen molar-refractivity contribution in [1.82, 2.24) is 10.6 Å². The fourth-order valence-electron chi connectivity index (χ4n) is 2.13. The average Bonchev–Trinajstić information content (AvgIpc) is 3.07. The molecule has 0 unspecified atom stereocenters. The van der Waals surface area contributed by atoms with Gasteiger partial charge in [0, 0.05) is 44.3 Å². The van der Waals surface area contributed by atoms with E-state index in [0.29, 0.717) is 0 Å². The smallest absolute Gasteiger partial charge is 0.191 e. The molecule has 6 heteroatoms. The van der Waals surface area contributed by atoms with Crippen LogP contribution in [-0.2, 0) is 6.42 Å². The van der Waals surface area contributed by atoms with E-state index in [1.54, 1.807) is 18.4 Å². The van der Waals surface area contributed by atoms with Gasteiger partial charge in [-0.1, -0.05) is 24.3 Å². The Balaban J connectivity index is 0.00000264. The van der Waals surface area contributed by atoms with Gasteiger partial charge in [-0.25, -0.2) is 0 Å². The standard InChI is InChI=1S/C17H24N4S.HI/c1-18-17(19-11-10-16-9-6-14-22-16)20-12-13-21(2)15-7-4-3-5-8-15;/h3-9,14H,10-13H2,1-2H3,(H2,18,19,20);1H. The minimum absolute atomic E-state index is 0. The summed E-state index contributed by atoms with van der Waals surface area (Å²) in [4.78, 5) is 7.88. The van der Waals surface area contributed by atoms with Crippen LogP contribution in [0.15, 0.2) is 52.8 Å². The molecule has 23 heavy (non-hydrogen) atoms. The van der Waals surface area contributed by atoms with E-state index in [2.05, 4.69) is 69.4 Å². The summed E-state index contributed by atoms with van der Waals surface area (Å²) in [5, 5.41) is 8.81. The summed E-state index contributed by atoms with van der Waals surface area (Å²) >= 11 is 1.79. The topological polar surface area (TPSA) is 39.7 Å². The van der Waals surface area contributed by atoms with Gasteiger partial charge in [-0.3, -0.25) is 4.99 Å². The third-order valence-corrected chi connectivity index (χ3v) is 4.34. The van der Waals surface area contributed by atoms with Crippen molar-refractivity contribution in [3.8, 4) is 0 Å². The number of benzene rings is 1. The Bertz CT molecular complexity index is 557. The zero-order valence-corrected chi connectivity index (χ0v) is 16.8. The highest BCUT2D eigenvalue weighted by Gasteiger charge is 2.01. The normalized spacial score (nSPS) is 10.8. The number of likely N-dealkylation sites (N-methyl/N-ethyl adjacent to an activating group) is 1. The molecule has 0 aliphatic heterocycles. The van der Waals surface area contributed by atoms with Crippen LogP contribution >= 0.6 is 35.3 Å². The molecule has 126 valence electrons. The van der Waals surface area contributed by atoms with Crippen LogP contribution in [0.25, 0.3) is 0 Å².